The van der Waals surface area contributed by atoms with Gasteiger partial charge in [0.05, 0.1) is 29.7 Å². The van der Waals surface area contributed by atoms with Crippen molar-refractivity contribution in [1.29, 1.82) is 0 Å². The van der Waals surface area contributed by atoms with Crippen LogP contribution in [0.4, 0.5) is 14.6 Å². The highest BCUT2D eigenvalue weighted by molar-refractivity contribution is 6.03. The number of piperidine rings is 1. The zero-order valence-electron chi connectivity index (χ0n) is 22.8. The Hall–Kier alpha value is -5.02. The number of benzene rings is 1. The van der Waals surface area contributed by atoms with Gasteiger partial charge in [0.25, 0.3) is 5.91 Å². The fraction of sp³-hybridized carbons (Fsp3) is 0.267. The van der Waals surface area contributed by atoms with E-state index in [1.807, 2.05) is 23.9 Å². The molecule has 5 heterocycles. The molecule has 0 saturated carbocycles. The second kappa shape index (κ2) is 11.5. The molecule has 4 aromatic heterocycles. The fourth-order valence-electron chi connectivity index (χ4n) is 5.50. The van der Waals surface area contributed by atoms with E-state index in [0.29, 0.717) is 23.6 Å². The van der Waals surface area contributed by atoms with E-state index in [4.69, 9.17) is 16.8 Å². The zero-order chi connectivity index (χ0) is 29.2. The molecular formula is C30H27F2N9O. The number of fused-ring (bicyclic) bond motifs is 1. The standard InChI is InChI=1S/C30H27F2N9O/c1-33-13-16-40-14-10-20(11-15-40)29-27(28(38-39(29)2)19-3-5-22(31)6-4-19)23-7-8-26-35-25(18-41(26)37-23)36-30(42)21-9-12-34-24(32)17-21/h3-9,12,17-18,20H,10-11,13-16H2,2H3,(H,36,42). The summed E-state index contributed by atoms with van der Waals surface area (Å²) in [5.41, 5.74) is 4.66. The smallest absolute Gasteiger partial charge is 0.257 e. The quantitative estimate of drug-likeness (QED) is 0.224. The average Bonchev–Trinajstić information content (AvgIpc) is 3.56. The number of hydrogen-bond acceptors (Lipinski definition) is 6. The lowest BCUT2D eigenvalue weighted by Crippen LogP contribution is -2.35. The number of halogens is 2. The Labute approximate surface area is 240 Å². The highest BCUT2D eigenvalue weighted by Crippen LogP contribution is 2.40. The molecule has 1 amide bonds. The van der Waals surface area contributed by atoms with Crippen molar-refractivity contribution in [3.05, 3.63) is 95.4 Å². The Morgan fingerprint density at radius 1 is 1.10 bits per heavy atom. The Kier molecular flexibility index (Phi) is 7.41. The van der Waals surface area contributed by atoms with E-state index in [1.165, 1.54) is 24.4 Å². The van der Waals surface area contributed by atoms with Crippen LogP contribution < -0.4 is 5.32 Å². The summed E-state index contributed by atoms with van der Waals surface area (Å²) in [5, 5.41) is 12.4. The third kappa shape index (κ3) is 5.46. The summed E-state index contributed by atoms with van der Waals surface area (Å²) in [6.45, 7) is 10.1. The molecule has 0 radical (unpaired) electrons. The van der Waals surface area contributed by atoms with Gasteiger partial charge >= 0.3 is 0 Å². The van der Waals surface area contributed by atoms with Crippen LogP contribution in [0.25, 0.3) is 33.0 Å². The first-order valence-corrected chi connectivity index (χ1v) is 13.6. The van der Waals surface area contributed by atoms with Crippen molar-refractivity contribution in [2.45, 2.75) is 18.8 Å². The average molecular weight is 568 g/mol. The molecule has 0 bridgehead atoms. The van der Waals surface area contributed by atoms with E-state index >= 15 is 0 Å². The number of anilines is 1. The molecule has 1 fully saturated rings. The number of nitrogens with one attached hydrogen (secondary N) is 1. The first-order valence-electron chi connectivity index (χ1n) is 13.6. The van der Waals surface area contributed by atoms with E-state index in [-0.39, 0.29) is 23.1 Å². The van der Waals surface area contributed by atoms with Crippen LogP contribution in [-0.2, 0) is 7.05 Å². The number of pyridine rings is 1. The van der Waals surface area contributed by atoms with Crippen molar-refractivity contribution in [2.75, 3.05) is 31.5 Å². The maximum Gasteiger partial charge on any atom is 0.257 e. The lowest BCUT2D eigenvalue weighted by atomic mass is 9.88. The van der Waals surface area contributed by atoms with Crippen LogP contribution in [0.3, 0.4) is 0 Å². The lowest BCUT2D eigenvalue weighted by molar-refractivity contribution is 0.102. The number of nitrogens with zero attached hydrogens (tertiary/aromatic N) is 8. The second-order valence-corrected chi connectivity index (χ2v) is 10.2. The first kappa shape index (κ1) is 27.2. The van der Waals surface area contributed by atoms with Crippen molar-refractivity contribution in [3.63, 3.8) is 0 Å². The van der Waals surface area contributed by atoms with Gasteiger partial charge < -0.3 is 10.2 Å². The number of aromatic nitrogens is 6. The number of aryl methyl sites for hydroxylation is 1. The van der Waals surface area contributed by atoms with Crippen molar-refractivity contribution in [3.8, 4) is 22.5 Å². The van der Waals surface area contributed by atoms with Crippen molar-refractivity contribution >= 4 is 17.4 Å². The van der Waals surface area contributed by atoms with Gasteiger partial charge in [0.2, 0.25) is 12.5 Å². The third-order valence-electron chi connectivity index (χ3n) is 7.52. The van der Waals surface area contributed by atoms with E-state index in [9.17, 15) is 13.6 Å². The Morgan fingerprint density at radius 3 is 2.62 bits per heavy atom. The van der Waals surface area contributed by atoms with Gasteiger partial charge in [-0.1, -0.05) is 0 Å². The van der Waals surface area contributed by atoms with Crippen LogP contribution in [-0.4, -0.2) is 66.3 Å². The molecule has 0 spiro atoms. The van der Waals surface area contributed by atoms with Crippen LogP contribution in [0.5, 0.6) is 0 Å². The summed E-state index contributed by atoms with van der Waals surface area (Å²) in [4.78, 5) is 26.4. The minimum atomic E-state index is -0.748. The van der Waals surface area contributed by atoms with Crippen LogP contribution in [0.15, 0.2) is 60.9 Å². The maximum atomic E-state index is 13.8. The maximum absolute atomic E-state index is 13.8. The molecule has 6 rings (SSSR count). The number of amides is 1. The number of imidazole rings is 1. The summed E-state index contributed by atoms with van der Waals surface area (Å²) in [7, 11) is 1.92. The minimum Gasteiger partial charge on any atom is -0.316 e. The largest absolute Gasteiger partial charge is 0.316 e. The van der Waals surface area contributed by atoms with Crippen molar-refractivity contribution in [2.24, 2.45) is 7.05 Å². The van der Waals surface area contributed by atoms with Crippen LogP contribution in [0, 0.1) is 18.3 Å². The molecule has 1 aliphatic heterocycles. The molecule has 1 N–H and O–H groups in total. The fourth-order valence-corrected chi connectivity index (χ4v) is 5.50. The summed E-state index contributed by atoms with van der Waals surface area (Å²) in [6, 6.07) is 12.4. The van der Waals surface area contributed by atoms with Crippen molar-refractivity contribution in [1.82, 2.24) is 34.3 Å². The Morgan fingerprint density at radius 2 is 1.88 bits per heavy atom. The summed E-state index contributed by atoms with van der Waals surface area (Å²) < 4.78 is 30.8. The molecule has 1 aliphatic rings. The predicted octanol–water partition coefficient (Wildman–Crippen LogP) is 4.82. The number of rotatable bonds is 7. The normalized spacial score (nSPS) is 14.2. The van der Waals surface area contributed by atoms with Gasteiger partial charge in [-0.2, -0.15) is 14.6 Å². The molecule has 10 nitrogen and oxygen atoms in total. The van der Waals surface area contributed by atoms with Gasteiger partial charge in [0.1, 0.15) is 11.5 Å². The van der Waals surface area contributed by atoms with Crippen molar-refractivity contribution < 1.29 is 13.6 Å². The SMILES string of the molecule is [C-]#[N+]CCN1CCC(c2c(-c3ccc4nc(NC(=O)c5ccnc(F)c5)cn4n3)c(-c3ccc(F)cc3)nn2C)CC1. The van der Waals surface area contributed by atoms with E-state index in [2.05, 4.69) is 25.0 Å². The van der Waals surface area contributed by atoms with Crippen LogP contribution in [0.1, 0.15) is 34.8 Å². The van der Waals surface area contributed by atoms with Gasteiger partial charge in [-0.15, -0.1) is 0 Å². The number of carbonyl (C=O) groups excluding carboxylic acids is 1. The molecular weight excluding hydrogens is 540 g/mol. The number of likely N-dealkylation sites (tertiary alicyclic amines) is 1. The molecule has 5 aromatic rings. The van der Waals surface area contributed by atoms with E-state index < -0.39 is 11.9 Å². The second-order valence-electron chi connectivity index (χ2n) is 10.2. The first-order chi connectivity index (χ1) is 20.4. The monoisotopic (exact) mass is 567 g/mol. The topological polar surface area (TPSA) is 97.6 Å². The summed E-state index contributed by atoms with van der Waals surface area (Å²) >= 11 is 0. The zero-order valence-corrected chi connectivity index (χ0v) is 22.8. The van der Waals surface area contributed by atoms with Gasteiger partial charge in [-0.25, -0.2) is 25.4 Å². The highest BCUT2D eigenvalue weighted by atomic mass is 19.1. The molecule has 0 atom stereocenters. The lowest BCUT2D eigenvalue weighted by Gasteiger charge is -2.31. The molecule has 1 saturated heterocycles. The molecule has 0 unspecified atom stereocenters. The van der Waals surface area contributed by atoms with Crippen LogP contribution >= 0.6 is 0 Å². The van der Waals surface area contributed by atoms with E-state index in [1.54, 1.807) is 22.8 Å². The summed E-state index contributed by atoms with van der Waals surface area (Å²) in [6.07, 6.45) is 4.64. The minimum absolute atomic E-state index is 0.122. The van der Waals surface area contributed by atoms with E-state index in [0.717, 1.165) is 55.4 Å². The molecule has 0 aliphatic carbocycles. The summed E-state index contributed by atoms with van der Waals surface area (Å²) in [5.74, 6) is -1.12. The third-order valence-corrected chi connectivity index (χ3v) is 7.52. The van der Waals surface area contributed by atoms with Gasteiger partial charge in [0, 0.05) is 36.4 Å². The van der Waals surface area contributed by atoms with Crippen LogP contribution in [0.2, 0.25) is 0 Å². The Balaban J connectivity index is 1.36. The number of hydrogen-bond donors (Lipinski definition) is 1. The van der Waals surface area contributed by atoms with Gasteiger partial charge in [-0.3, -0.25) is 14.4 Å². The molecule has 212 valence electrons. The van der Waals surface area contributed by atoms with Gasteiger partial charge in [0.15, 0.2) is 11.5 Å². The molecule has 42 heavy (non-hydrogen) atoms. The predicted molar refractivity (Wildman–Crippen MR) is 153 cm³/mol. The Bertz CT molecular complexity index is 1800. The number of carbonyl (C=O) groups is 1. The molecule has 12 heteroatoms. The highest BCUT2D eigenvalue weighted by Gasteiger charge is 2.30. The molecule has 1 aromatic carbocycles. The van der Waals surface area contributed by atoms with Gasteiger partial charge in [-0.05, 0) is 68.4 Å².